The van der Waals surface area contributed by atoms with Gasteiger partial charge in [0.1, 0.15) is 0 Å². The molecule has 1 amide bonds. The van der Waals surface area contributed by atoms with Gasteiger partial charge < -0.3 is 15.0 Å². The van der Waals surface area contributed by atoms with Crippen LogP contribution in [0.1, 0.15) is 12.0 Å². The lowest BCUT2D eigenvalue weighted by molar-refractivity contribution is -0.126. The fraction of sp³-hybridized carbons (Fsp3) is 0.400. The van der Waals surface area contributed by atoms with Crippen LogP contribution in [0.25, 0.3) is 6.08 Å². The molecule has 0 saturated carbocycles. The van der Waals surface area contributed by atoms with Crippen LogP contribution in [-0.2, 0) is 4.79 Å². The molecule has 0 radical (unpaired) electrons. The van der Waals surface area contributed by atoms with Gasteiger partial charge in [0.25, 0.3) is 0 Å². The molecule has 1 aliphatic heterocycles. The largest absolute Gasteiger partial charge is 0.494 e. The smallest absolute Gasteiger partial charge is 0.246 e. The zero-order chi connectivity index (χ0) is 14.5. The van der Waals surface area contributed by atoms with E-state index in [1.807, 2.05) is 0 Å². The molecular weight excluding hydrogens is 295 g/mol. The number of likely N-dealkylation sites (N-methyl/N-ethyl adjacent to an activating group) is 1. The van der Waals surface area contributed by atoms with Crippen LogP contribution >= 0.6 is 12.4 Å². The van der Waals surface area contributed by atoms with E-state index in [1.165, 1.54) is 19.3 Å². The number of hydrogen-bond acceptors (Lipinski definition) is 3. The predicted octanol–water partition coefficient (Wildman–Crippen LogP) is 2.09. The van der Waals surface area contributed by atoms with Crippen LogP contribution in [0.2, 0.25) is 0 Å². The molecule has 0 bridgehead atoms. The van der Waals surface area contributed by atoms with Crippen LogP contribution in [0.3, 0.4) is 0 Å². The topological polar surface area (TPSA) is 41.6 Å². The summed E-state index contributed by atoms with van der Waals surface area (Å²) in [6.45, 7) is 1.77. The minimum absolute atomic E-state index is 0. The van der Waals surface area contributed by atoms with Gasteiger partial charge in [-0.2, -0.15) is 0 Å². The highest BCUT2D eigenvalue weighted by atomic mass is 35.5. The molecule has 21 heavy (non-hydrogen) atoms. The van der Waals surface area contributed by atoms with Gasteiger partial charge in [-0.25, -0.2) is 4.39 Å². The Hall–Kier alpha value is -1.59. The number of nitrogens with one attached hydrogen (secondary N) is 1. The molecule has 1 unspecified atom stereocenters. The second-order valence-corrected chi connectivity index (χ2v) is 4.82. The quantitative estimate of drug-likeness (QED) is 0.865. The van der Waals surface area contributed by atoms with E-state index in [-0.39, 0.29) is 30.1 Å². The molecule has 1 heterocycles. The van der Waals surface area contributed by atoms with Crippen LogP contribution < -0.4 is 10.1 Å². The molecule has 6 heteroatoms. The summed E-state index contributed by atoms with van der Waals surface area (Å²) in [5.41, 5.74) is 0.634. The van der Waals surface area contributed by atoms with Crippen LogP contribution in [0.5, 0.6) is 5.75 Å². The Morgan fingerprint density at radius 1 is 1.52 bits per heavy atom. The standard InChI is InChI=1S/C15H19FN2O2.ClH/c1-18(12-7-8-17-10-12)15(19)6-4-11-3-5-14(20-2)13(16)9-11;/h3-6,9,12,17H,7-8,10H2,1-2H3;1H. The summed E-state index contributed by atoms with van der Waals surface area (Å²) < 4.78 is 18.4. The minimum atomic E-state index is -0.435. The van der Waals surface area contributed by atoms with E-state index in [4.69, 9.17) is 4.74 Å². The number of amides is 1. The number of rotatable bonds is 4. The number of halogens is 2. The maximum atomic E-state index is 13.5. The first kappa shape index (κ1) is 17.5. The molecule has 1 saturated heterocycles. The first-order chi connectivity index (χ1) is 9.61. The van der Waals surface area contributed by atoms with Gasteiger partial charge in [-0.1, -0.05) is 6.07 Å². The van der Waals surface area contributed by atoms with Gasteiger partial charge in [-0.3, -0.25) is 4.79 Å². The minimum Gasteiger partial charge on any atom is -0.494 e. The second kappa shape index (κ2) is 8.00. The average Bonchev–Trinajstić information content (AvgIpc) is 2.98. The van der Waals surface area contributed by atoms with E-state index < -0.39 is 5.82 Å². The van der Waals surface area contributed by atoms with Crippen molar-refractivity contribution in [2.24, 2.45) is 0 Å². The zero-order valence-corrected chi connectivity index (χ0v) is 13.0. The second-order valence-electron chi connectivity index (χ2n) is 4.82. The summed E-state index contributed by atoms with van der Waals surface area (Å²) in [6, 6.07) is 4.84. The number of methoxy groups -OCH3 is 1. The van der Waals surface area contributed by atoms with Crippen LogP contribution in [-0.4, -0.2) is 44.1 Å². The number of benzene rings is 1. The third-order valence-electron chi connectivity index (χ3n) is 3.52. The van der Waals surface area contributed by atoms with E-state index in [0.29, 0.717) is 5.56 Å². The summed E-state index contributed by atoms with van der Waals surface area (Å²) in [6.07, 6.45) is 4.05. The molecule has 1 fully saturated rings. The van der Waals surface area contributed by atoms with Crippen molar-refractivity contribution in [2.75, 3.05) is 27.2 Å². The van der Waals surface area contributed by atoms with E-state index in [1.54, 1.807) is 30.2 Å². The average molecular weight is 315 g/mol. The summed E-state index contributed by atoms with van der Waals surface area (Å²) in [7, 11) is 3.21. The Kier molecular flexibility index (Phi) is 6.65. The Morgan fingerprint density at radius 2 is 2.29 bits per heavy atom. The van der Waals surface area contributed by atoms with Gasteiger partial charge in [-0.15, -0.1) is 12.4 Å². The van der Waals surface area contributed by atoms with Gasteiger partial charge in [0, 0.05) is 25.7 Å². The number of ether oxygens (including phenoxy) is 1. The monoisotopic (exact) mass is 314 g/mol. The van der Waals surface area contributed by atoms with Crippen molar-refractivity contribution < 1.29 is 13.9 Å². The highest BCUT2D eigenvalue weighted by Crippen LogP contribution is 2.18. The van der Waals surface area contributed by atoms with Gasteiger partial charge >= 0.3 is 0 Å². The molecule has 2 rings (SSSR count). The van der Waals surface area contributed by atoms with Crippen molar-refractivity contribution in [2.45, 2.75) is 12.5 Å². The molecule has 1 N–H and O–H groups in total. The lowest BCUT2D eigenvalue weighted by Crippen LogP contribution is -2.37. The van der Waals surface area contributed by atoms with Crippen molar-refractivity contribution in [1.82, 2.24) is 10.2 Å². The van der Waals surface area contributed by atoms with Crippen molar-refractivity contribution in [3.8, 4) is 5.75 Å². The van der Waals surface area contributed by atoms with E-state index in [2.05, 4.69) is 5.32 Å². The molecule has 0 aromatic heterocycles. The highest BCUT2D eigenvalue weighted by molar-refractivity contribution is 5.91. The predicted molar refractivity (Wildman–Crippen MR) is 83.3 cm³/mol. The third kappa shape index (κ3) is 4.44. The summed E-state index contributed by atoms with van der Waals surface area (Å²) in [5, 5.41) is 3.22. The van der Waals surface area contributed by atoms with Crippen molar-refractivity contribution in [3.05, 3.63) is 35.7 Å². The number of carbonyl (C=O) groups is 1. The Balaban J connectivity index is 0.00000220. The maximum absolute atomic E-state index is 13.5. The van der Waals surface area contributed by atoms with E-state index in [9.17, 15) is 9.18 Å². The molecule has 1 atom stereocenters. The van der Waals surface area contributed by atoms with Crippen molar-refractivity contribution in [1.29, 1.82) is 0 Å². The molecule has 0 spiro atoms. The lowest BCUT2D eigenvalue weighted by Gasteiger charge is -2.22. The fourth-order valence-electron chi connectivity index (χ4n) is 2.22. The van der Waals surface area contributed by atoms with Gasteiger partial charge in [0.15, 0.2) is 11.6 Å². The number of carbonyl (C=O) groups excluding carboxylic acids is 1. The molecule has 1 aliphatic rings. The Bertz CT molecular complexity index is 516. The van der Waals surface area contributed by atoms with E-state index >= 15 is 0 Å². The molecular formula is C15H20ClFN2O2. The lowest BCUT2D eigenvalue weighted by atomic mass is 10.2. The summed E-state index contributed by atoms with van der Waals surface area (Å²) in [5.74, 6) is -0.312. The molecule has 116 valence electrons. The Morgan fingerprint density at radius 3 is 2.86 bits per heavy atom. The van der Waals surface area contributed by atoms with Crippen molar-refractivity contribution >= 4 is 24.4 Å². The molecule has 1 aromatic rings. The normalized spacial score (nSPS) is 17.6. The molecule has 0 aliphatic carbocycles. The number of hydrogen-bond donors (Lipinski definition) is 1. The summed E-state index contributed by atoms with van der Waals surface area (Å²) in [4.78, 5) is 13.7. The van der Waals surface area contributed by atoms with Crippen molar-refractivity contribution in [3.63, 3.8) is 0 Å². The fourth-order valence-corrected chi connectivity index (χ4v) is 2.22. The third-order valence-corrected chi connectivity index (χ3v) is 3.52. The zero-order valence-electron chi connectivity index (χ0n) is 12.1. The van der Waals surface area contributed by atoms with Crippen LogP contribution in [0.4, 0.5) is 4.39 Å². The first-order valence-electron chi connectivity index (χ1n) is 6.61. The first-order valence-corrected chi connectivity index (χ1v) is 6.61. The SMILES string of the molecule is COc1ccc(C=CC(=O)N(C)C2CCNC2)cc1F.Cl. The maximum Gasteiger partial charge on any atom is 0.246 e. The summed E-state index contributed by atoms with van der Waals surface area (Å²) >= 11 is 0. The molecule has 4 nitrogen and oxygen atoms in total. The van der Waals surface area contributed by atoms with Crippen LogP contribution in [0, 0.1) is 5.82 Å². The van der Waals surface area contributed by atoms with E-state index in [0.717, 1.165) is 19.5 Å². The van der Waals surface area contributed by atoms with Gasteiger partial charge in [0.2, 0.25) is 5.91 Å². The van der Waals surface area contributed by atoms with Gasteiger partial charge in [0.05, 0.1) is 7.11 Å². The van der Waals surface area contributed by atoms with Gasteiger partial charge in [-0.05, 0) is 36.7 Å². The Labute approximate surface area is 130 Å². The molecule has 1 aromatic carbocycles. The number of nitrogens with zero attached hydrogens (tertiary/aromatic N) is 1. The van der Waals surface area contributed by atoms with Crippen LogP contribution in [0.15, 0.2) is 24.3 Å². The highest BCUT2D eigenvalue weighted by Gasteiger charge is 2.21.